The Morgan fingerprint density at radius 1 is 1.16 bits per heavy atom. The minimum absolute atomic E-state index is 0.146. The Morgan fingerprint density at radius 2 is 2.04 bits per heavy atom. The lowest BCUT2D eigenvalue weighted by Crippen LogP contribution is -1.99. The lowest BCUT2D eigenvalue weighted by Gasteiger charge is -2.03. The van der Waals surface area contributed by atoms with Gasteiger partial charge in [-0.05, 0) is 24.3 Å². The number of nitrogens with zero attached hydrogens (tertiary/aromatic N) is 5. The Hall–Kier alpha value is -3.52. The van der Waals surface area contributed by atoms with Gasteiger partial charge in [0, 0.05) is 0 Å². The highest BCUT2D eigenvalue weighted by Crippen LogP contribution is 2.21. The highest BCUT2D eigenvalue weighted by atomic mass is 16.4. The van der Waals surface area contributed by atoms with Crippen LogP contribution in [0.5, 0.6) is 0 Å². The largest absolute Gasteiger partial charge is 0.458 e. The van der Waals surface area contributed by atoms with Crippen LogP contribution < -0.4 is 5.43 Å². The number of aliphatic hydroxyl groups excluding tert-OH is 1. The minimum Gasteiger partial charge on any atom is -0.458 e. The molecule has 124 valence electrons. The van der Waals surface area contributed by atoms with Crippen LogP contribution in [-0.4, -0.2) is 31.1 Å². The molecular formula is C17H14N6O2. The summed E-state index contributed by atoms with van der Waals surface area (Å²) in [5.41, 5.74) is 4.47. The van der Waals surface area contributed by atoms with Gasteiger partial charge in [-0.2, -0.15) is 10.2 Å². The van der Waals surface area contributed by atoms with E-state index in [9.17, 15) is 0 Å². The summed E-state index contributed by atoms with van der Waals surface area (Å²) < 4.78 is 7.07. The monoisotopic (exact) mass is 334 g/mol. The molecule has 4 rings (SSSR count). The van der Waals surface area contributed by atoms with Gasteiger partial charge in [0.05, 0.1) is 23.5 Å². The van der Waals surface area contributed by atoms with E-state index >= 15 is 0 Å². The lowest BCUT2D eigenvalue weighted by atomic mass is 10.3. The van der Waals surface area contributed by atoms with E-state index in [0.717, 1.165) is 11.1 Å². The molecule has 3 heterocycles. The summed E-state index contributed by atoms with van der Waals surface area (Å²) in [5.74, 6) is 1.55. The first-order valence-electron chi connectivity index (χ1n) is 7.58. The second kappa shape index (κ2) is 6.54. The van der Waals surface area contributed by atoms with Crippen molar-refractivity contribution in [3.05, 3.63) is 66.5 Å². The van der Waals surface area contributed by atoms with Crippen LogP contribution in [0, 0.1) is 0 Å². The molecule has 0 unspecified atom stereocenters. The SMILES string of the molecule is OCc1ccc(C=NNc2ncnc3c2cnn3-c2ccccc2)o1. The number of hydrogen-bond donors (Lipinski definition) is 2. The predicted octanol–water partition coefficient (Wildman–Crippen LogP) is 2.35. The molecule has 0 saturated heterocycles. The molecule has 1 aromatic carbocycles. The van der Waals surface area contributed by atoms with E-state index in [4.69, 9.17) is 9.52 Å². The summed E-state index contributed by atoms with van der Waals surface area (Å²) in [6.45, 7) is -0.146. The van der Waals surface area contributed by atoms with Gasteiger partial charge in [-0.1, -0.05) is 18.2 Å². The summed E-state index contributed by atoms with van der Waals surface area (Å²) >= 11 is 0. The molecule has 0 aliphatic heterocycles. The number of benzene rings is 1. The number of hydrogen-bond acceptors (Lipinski definition) is 7. The average molecular weight is 334 g/mol. The molecule has 0 atom stereocenters. The predicted molar refractivity (Wildman–Crippen MR) is 92.5 cm³/mol. The van der Waals surface area contributed by atoms with E-state index in [1.54, 1.807) is 23.0 Å². The van der Waals surface area contributed by atoms with Gasteiger partial charge in [0.1, 0.15) is 24.5 Å². The van der Waals surface area contributed by atoms with Crippen molar-refractivity contribution in [2.45, 2.75) is 6.61 Å². The number of para-hydroxylation sites is 1. The molecule has 0 fully saturated rings. The van der Waals surface area contributed by atoms with Gasteiger partial charge in [-0.15, -0.1) is 0 Å². The highest BCUT2D eigenvalue weighted by molar-refractivity contribution is 5.87. The zero-order valence-electron chi connectivity index (χ0n) is 13.1. The van der Waals surface area contributed by atoms with Crippen molar-refractivity contribution < 1.29 is 9.52 Å². The second-order valence-corrected chi connectivity index (χ2v) is 5.18. The fourth-order valence-corrected chi connectivity index (χ4v) is 2.40. The van der Waals surface area contributed by atoms with Crippen LogP contribution in [0.15, 0.2) is 64.5 Å². The van der Waals surface area contributed by atoms with E-state index in [2.05, 4.69) is 25.6 Å². The first-order valence-corrected chi connectivity index (χ1v) is 7.58. The maximum absolute atomic E-state index is 8.99. The average Bonchev–Trinajstić information content (AvgIpc) is 3.29. The van der Waals surface area contributed by atoms with Gasteiger partial charge < -0.3 is 9.52 Å². The molecule has 0 bridgehead atoms. The number of hydrazone groups is 1. The van der Waals surface area contributed by atoms with Crippen LogP contribution in [0.2, 0.25) is 0 Å². The standard InChI is InChI=1S/C17H14N6O2/c24-10-14-7-6-13(25-14)8-20-22-16-15-9-21-23(17(15)19-11-18-16)12-4-2-1-3-5-12/h1-9,11,24H,10H2,(H,18,19,22). The highest BCUT2D eigenvalue weighted by Gasteiger charge is 2.10. The van der Waals surface area contributed by atoms with E-state index in [0.29, 0.717) is 23.0 Å². The van der Waals surface area contributed by atoms with Crippen LogP contribution in [0.4, 0.5) is 5.82 Å². The Kier molecular flexibility index (Phi) is 3.93. The van der Waals surface area contributed by atoms with Gasteiger partial charge in [-0.25, -0.2) is 14.6 Å². The fourth-order valence-electron chi connectivity index (χ4n) is 2.40. The van der Waals surface area contributed by atoms with Crippen LogP contribution in [-0.2, 0) is 6.61 Å². The van der Waals surface area contributed by atoms with E-state index < -0.39 is 0 Å². The van der Waals surface area contributed by atoms with Crippen molar-refractivity contribution >= 4 is 23.1 Å². The third-order valence-corrected chi connectivity index (χ3v) is 3.57. The number of rotatable bonds is 5. The van der Waals surface area contributed by atoms with Gasteiger partial charge in [0.25, 0.3) is 0 Å². The summed E-state index contributed by atoms with van der Waals surface area (Å²) in [4.78, 5) is 8.52. The summed E-state index contributed by atoms with van der Waals surface area (Å²) in [7, 11) is 0. The second-order valence-electron chi connectivity index (χ2n) is 5.18. The zero-order valence-corrected chi connectivity index (χ0v) is 13.1. The fraction of sp³-hybridized carbons (Fsp3) is 0.0588. The molecule has 0 spiro atoms. The molecular weight excluding hydrogens is 320 g/mol. The topological polar surface area (TPSA) is 101 Å². The molecule has 2 N–H and O–H groups in total. The van der Waals surface area contributed by atoms with E-state index in [-0.39, 0.29) is 6.61 Å². The smallest absolute Gasteiger partial charge is 0.168 e. The summed E-state index contributed by atoms with van der Waals surface area (Å²) in [6.07, 6.45) is 4.66. The molecule has 3 aromatic heterocycles. The third kappa shape index (κ3) is 2.98. The third-order valence-electron chi connectivity index (χ3n) is 3.57. The molecule has 8 heteroatoms. The van der Waals surface area contributed by atoms with Crippen molar-refractivity contribution in [2.24, 2.45) is 5.10 Å². The van der Waals surface area contributed by atoms with Crippen LogP contribution in [0.25, 0.3) is 16.7 Å². The summed E-state index contributed by atoms with van der Waals surface area (Å²) in [6, 6.07) is 13.1. The van der Waals surface area contributed by atoms with Crippen molar-refractivity contribution in [2.75, 3.05) is 5.43 Å². The van der Waals surface area contributed by atoms with Crippen molar-refractivity contribution in [3.8, 4) is 5.69 Å². The van der Waals surface area contributed by atoms with Gasteiger partial charge in [0.2, 0.25) is 0 Å². The van der Waals surface area contributed by atoms with Gasteiger partial charge >= 0.3 is 0 Å². The van der Waals surface area contributed by atoms with Crippen molar-refractivity contribution in [3.63, 3.8) is 0 Å². The molecule has 25 heavy (non-hydrogen) atoms. The quantitative estimate of drug-likeness (QED) is 0.429. The Labute approximate surface area is 142 Å². The number of anilines is 1. The van der Waals surface area contributed by atoms with E-state index in [1.165, 1.54) is 12.5 Å². The Bertz CT molecular complexity index is 1020. The molecule has 0 radical (unpaired) electrons. The van der Waals surface area contributed by atoms with E-state index in [1.807, 2.05) is 30.3 Å². The minimum atomic E-state index is -0.146. The number of aromatic nitrogens is 4. The molecule has 0 aliphatic carbocycles. The Balaban J connectivity index is 1.61. The lowest BCUT2D eigenvalue weighted by molar-refractivity contribution is 0.247. The first kappa shape index (κ1) is 15.0. The molecule has 0 aliphatic rings. The molecule has 0 saturated carbocycles. The zero-order chi connectivity index (χ0) is 17.1. The van der Waals surface area contributed by atoms with Crippen molar-refractivity contribution in [1.82, 2.24) is 19.7 Å². The molecule has 4 aromatic rings. The van der Waals surface area contributed by atoms with Crippen LogP contribution >= 0.6 is 0 Å². The first-order chi connectivity index (χ1) is 12.3. The number of nitrogens with one attached hydrogen (secondary N) is 1. The molecule has 8 nitrogen and oxygen atoms in total. The van der Waals surface area contributed by atoms with Crippen molar-refractivity contribution in [1.29, 1.82) is 0 Å². The normalized spacial score (nSPS) is 11.4. The summed E-state index contributed by atoms with van der Waals surface area (Å²) in [5, 5.41) is 18.2. The molecule has 0 amide bonds. The van der Waals surface area contributed by atoms with Crippen LogP contribution in [0.1, 0.15) is 11.5 Å². The number of aliphatic hydroxyl groups is 1. The van der Waals surface area contributed by atoms with Gasteiger partial charge in [-0.3, -0.25) is 5.43 Å². The number of fused-ring (bicyclic) bond motifs is 1. The Morgan fingerprint density at radius 3 is 2.84 bits per heavy atom. The maximum atomic E-state index is 8.99. The maximum Gasteiger partial charge on any atom is 0.168 e. The van der Waals surface area contributed by atoms with Gasteiger partial charge in [0.15, 0.2) is 11.5 Å². The number of furan rings is 1. The van der Waals surface area contributed by atoms with Crippen LogP contribution in [0.3, 0.4) is 0 Å².